The fraction of sp³-hybridized carbons (Fsp3) is 0.167. The van der Waals surface area contributed by atoms with E-state index in [4.69, 9.17) is 4.74 Å². The molecule has 0 radical (unpaired) electrons. The van der Waals surface area contributed by atoms with E-state index in [1.54, 1.807) is 20.1 Å². The monoisotopic (exact) mass is 216 g/mol. The Labute approximate surface area is 93.6 Å². The summed E-state index contributed by atoms with van der Waals surface area (Å²) in [6.45, 7) is 1.76. The number of amides is 1. The minimum atomic E-state index is -0.159. The average molecular weight is 216 g/mol. The van der Waals surface area contributed by atoms with Gasteiger partial charge in [0.1, 0.15) is 17.3 Å². The summed E-state index contributed by atoms with van der Waals surface area (Å²) in [5, 5.41) is 2.63. The maximum absolute atomic E-state index is 11.4. The SMILES string of the molecule is COc1ccc(/C=C2/N=C(C)NC2=O)cc1. The molecule has 82 valence electrons. The summed E-state index contributed by atoms with van der Waals surface area (Å²) < 4.78 is 5.05. The summed E-state index contributed by atoms with van der Waals surface area (Å²) in [7, 11) is 1.62. The van der Waals surface area contributed by atoms with Crippen LogP contribution in [0, 0.1) is 0 Å². The molecule has 0 fully saturated rings. The fourth-order valence-electron chi connectivity index (χ4n) is 1.44. The number of methoxy groups -OCH3 is 1. The zero-order valence-electron chi connectivity index (χ0n) is 9.15. The van der Waals surface area contributed by atoms with Crippen molar-refractivity contribution < 1.29 is 9.53 Å². The Hall–Kier alpha value is -2.10. The second-order valence-corrected chi connectivity index (χ2v) is 3.45. The van der Waals surface area contributed by atoms with Gasteiger partial charge < -0.3 is 10.1 Å². The smallest absolute Gasteiger partial charge is 0.275 e. The molecule has 1 heterocycles. The number of benzene rings is 1. The molecule has 4 nitrogen and oxygen atoms in total. The maximum atomic E-state index is 11.4. The van der Waals surface area contributed by atoms with Crippen LogP contribution in [0.15, 0.2) is 35.0 Å². The summed E-state index contributed by atoms with van der Waals surface area (Å²) in [6.07, 6.45) is 1.74. The Bertz CT molecular complexity index is 472. The van der Waals surface area contributed by atoms with E-state index in [2.05, 4.69) is 10.3 Å². The minimum Gasteiger partial charge on any atom is -0.497 e. The molecule has 0 saturated heterocycles. The Kier molecular flexibility index (Phi) is 2.72. The zero-order valence-corrected chi connectivity index (χ0v) is 9.15. The lowest BCUT2D eigenvalue weighted by atomic mass is 10.2. The number of ether oxygens (including phenoxy) is 1. The summed E-state index contributed by atoms with van der Waals surface area (Å²) >= 11 is 0. The molecule has 0 bridgehead atoms. The average Bonchev–Trinajstić information content (AvgIpc) is 2.59. The highest BCUT2D eigenvalue weighted by Gasteiger charge is 2.16. The van der Waals surface area contributed by atoms with E-state index in [0.717, 1.165) is 11.3 Å². The van der Waals surface area contributed by atoms with E-state index in [0.29, 0.717) is 11.5 Å². The van der Waals surface area contributed by atoms with Crippen LogP contribution in [0.5, 0.6) is 5.75 Å². The molecule has 1 aliphatic rings. The second kappa shape index (κ2) is 4.18. The lowest BCUT2D eigenvalue weighted by Crippen LogP contribution is -2.21. The molecule has 0 unspecified atom stereocenters. The predicted octanol–water partition coefficient (Wildman–Crippen LogP) is 1.58. The first-order chi connectivity index (χ1) is 7.69. The van der Waals surface area contributed by atoms with Gasteiger partial charge in [-0.05, 0) is 30.7 Å². The Morgan fingerprint density at radius 3 is 2.50 bits per heavy atom. The second-order valence-electron chi connectivity index (χ2n) is 3.45. The van der Waals surface area contributed by atoms with E-state index in [1.165, 1.54) is 0 Å². The van der Waals surface area contributed by atoms with Crippen LogP contribution in [-0.2, 0) is 4.79 Å². The van der Waals surface area contributed by atoms with Crippen LogP contribution >= 0.6 is 0 Å². The number of amidine groups is 1. The van der Waals surface area contributed by atoms with E-state index in [9.17, 15) is 4.79 Å². The van der Waals surface area contributed by atoms with Crippen molar-refractivity contribution in [3.8, 4) is 5.75 Å². The van der Waals surface area contributed by atoms with Gasteiger partial charge in [0.15, 0.2) is 0 Å². The van der Waals surface area contributed by atoms with Crippen LogP contribution in [0.25, 0.3) is 6.08 Å². The molecule has 0 spiro atoms. The Balaban J connectivity index is 2.26. The summed E-state index contributed by atoms with van der Waals surface area (Å²) in [6, 6.07) is 7.44. The van der Waals surface area contributed by atoms with Crippen LogP contribution in [-0.4, -0.2) is 18.9 Å². The molecule has 1 N–H and O–H groups in total. The van der Waals surface area contributed by atoms with Crippen LogP contribution in [0.1, 0.15) is 12.5 Å². The lowest BCUT2D eigenvalue weighted by molar-refractivity contribution is -0.115. The highest BCUT2D eigenvalue weighted by atomic mass is 16.5. The van der Waals surface area contributed by atoms with Gasteiger partial charge >= 0.3 is 0 Å². The van der Waals surface area contributed by atoms with Gasteiger partial charge in [-0.25, -0.2) is 4.99 Å². The maximum Gasteiger partial charge on any atom is 0.275 e. The number of nitrogens with one attached hydrogen (secondary N) is 1. The van der Waals surface area contributed by atoms with Crippen molar-refractivity contribution in [1.82, 2.24) is 5.32 Å². The Morgan fingerprint density at radius 1 is 1.31 bits per heavy atom. The van der Waals surface area contributed by atoms with Crippen LogP contribution < -0.4 is 10.1 Å². The standard InChI is InChI=1S/C12H12N2O2/c1-8-13-11(12(15)14-8)7-9-3-5-10(16-2)6-4-9/h3-7H,1-2H3,(H,13,14,15)/b11-7+. The molecule has 2 rings (SSSR count). The molecular formula is C12H12N2O2. The number of hydrogen-bond donors (Lipinski definition) is 1. The highest BCUT2D eigenvalue weighted by Crippen LogP contribution is 2.15. The molecule has 1 aromatic carbocycles. The molecule has 0 atom stereocenters. The van der Waals surface area contributed by atoms with Gasteiger partial charge in [0.25, 0.3) is 5.91 Å². The first-order valence-corrected chi connectivity index (χ1v) is 4.91. The third kappa shape index (κ3) is 2.11. The third-order valence-electron chi connectivity index (χ3n) is 2.23. The molecule has 1 aromatic rings. The normalized spacial score (nSPS) is 17.2. The number of aliphatic imine (C=N–C) groups is 1. The quantitative estimate of drug-likeness (QED) is 0.763. The van der Waals surface area contributed by atoms with Gasteiger partial charge in [0.2, 0.25) is 0 Å². The topological polar surface area (TPSA) is 50.7 Å². The minimum absolute atomic E-state index is 0.159. The lowest BCUT2D eigenvalue weighted by Gasteiger charge is -1.99. The molecule has 1 aliphatic heterocycles. The van der Waals surface area contributed by atoms with Gasteiger partial charge in [-0.1, -0.05) is 12.1 Å². The molecule has 4 heteroatoms. The van der Waals surface area contributed by atoms with Gasteiger partial charge in [0.05, 0.1) is 7.11 Å². The van der Waals surface area contributed by atoms with Crippen molar-refractivity contribution in [3.05, 3.63) is 35.5 Å². The molecular weight excluding hydrogens is 204 g/mol. The van der Waals surface area contributed by atoms with Crippen molar-refractivity contribution in [2.45, 2.75) is 6.92 Å². The number of carbonyl (C=O) groups excluding carboxylic acids is 1. The van der Waals surface area contributed by atoms with E-state index in [-0.39, 0.29) is 5.91 Å². The number of carbonyl (C=O) groups is 1. The molecule has 0 saturated carbocycles. The number of rotatable bonds is 2. The van der Waals surface area contributed by atoms with Crippen LogP contribution in [0.3, 0.4) is 0 Å². The molecule has 0 aliphatic carbocycles. The van der Waals surface area contributed by atoms with E-state index >= 15 is 0 Å². The number of hydrogen-bond acceptors (Lipinski definition) is 3. The van der Waals surface area contributed by atoms with Gasteiger partial charge in [0, 0.05) is 0 Å². The van der Waals surface area contributed by atoms with Gasteiger partial charge in [-0.15, -0.1) is 0 Å². The first-order valence-electron chi connectivity index (χ1n) is 4.91. The highest BCUT2D eigenvalue weighted by molar-refractivity contribution is 6.13. The first kappa shape index (κ1) is 10.4. The fourth-order valence-corrected chi connectivity index (χ4v) is 1.44. The number of nitrogens with zero attached hydrogens (tertiary/aromatic N) is 1. The van der Waals surface area contributed by atoms with Gasteiger partial charge in [-0.3, -0.25) is 4.79 Å². The summed E-state index contributed by atoms with van der Waals surface area (Å²) in [5.41, 5.74) is 1.35. The van der Waals surface area contributed by atoms with Crippen LogP contribution in [0.2, 0.25) is 0 Å². The largest absolute Gasteiger partial charge is 0.497 e. The summed E-state index contributed by atoms with van der Waals surface area (Å²) in [5.74, 6) is 1.26. The molecule has 0 aromatic heterocycles. The van der Waals surface area contributed by atoms with Crippen molar-refractivity contribution in [2.24, 2.45) is 4.99 Å². The van der Waals surface area contributed by atoms with Crippen molar-refractivity contribution >= 4 is 17.8 Å². The van der Waals surface area contributed by atoms with E-state index in [1.807, 2.05) is 24.3 Å². The van der Waals surface area contributed by atoms with Gasteiger partial charge in [-0.2, -0.15) is 0 Å². The third-order valence-corrected chi connectivity index (χ3v) is 2.23. The van der Waals surface area contributed by atoms with E-state index < -0.39 is 0 Å². The van der Waals surface area contributed by atoms with Crippen molar-refractivity contribution in [2.75, 3.05) is 7.11 Å². The van der Waals surface area contributed by atoms with Crippen molar-refractivity contribution in [3.63, 3.8) is 0 Å². The van der Waals surface area contributed by atoms with Crippen molar-refractivity contribution in [1.29, 1.82) is 0 Å². The zero-order chi connectivity index (χ0) is 11.5. The predicted molar refractivity (Wildman–Crippen MR) is 62.2 cm³/mol. The molecule has 1 amide bonds. The summed E-state index contributed by atoms with van der Waals surface area (Å²) in [4.78, 5) is 15.5. The van der Waals surface area contributed by atoms with Crippen LogP contribution in [0.4, 0.5) is 0 Å². The molecule has 16 heavy (non-hydrogen) atoms. The Morgan fingerprint density at radius 2 is 2.00 bits per heavy atom.